The number of halogens is 2. The molecular weight excluding hydrogens is 727 g/mol. The molecule has 1 heterocycles. The number of nitrogens with zero attached hydrogens (tertiary/aromatic N) is 2. The monoisotopic (exact) mass is 784 g/mol. The number of carbonyl (C=O) groups is 4. The van der Waals surface area contributed by atoms with Crippen LogP contribution in [0.3, 0.4) is 0 Å². The fourth-order valence-corrected chi connectivity index (χ4v) is 6.88. The van der Waals surface area contributed by atoms with Gasteiger partial charge in [-0.15, -0.1) is 0 Å². The Morgan fingerprint density at radius 2 is 1.56 bits per heavy atom. The Morgan fingerprint density at radius 3 is 2.16 bits per heavy atom. The van der Waals surface area contributed by atoms with Gasteiger partial charge in [0.15, 0.2) is 0 Å². The van der Waals surface area contributed by atoms with E-state index in [0.717, 1.165) is 23.4 Å². The molecule has 2 aromatic carbocycles. The lowest BCUT2D eigenvalue weighted by Gasteiger charge is -2.41. The lowest BCUT2D eigenvalue weighted by molar-refractivity contribution is -0.165. The van der Waals surface area contributed by atoms with E-state index in [0.29, 0.717) is 31.6 Å². The molecule has 1 aromatic heterocycles. The Balaban J connectivity index is 1.84. The molecule has 0 radical (unpaired) electrons. The van der Waals surface area contributed by atoms with E-state index in [1.165, 1.54) is 17.8 Å². The molecule has 55 heavy (non-hydrogen) atoms. The number of nitrogens with two attached hydrogens (primary N) is 1. The summed E-state index contributed by atoms with van der Waals surface area (Å²) in [6.07, 6.45) is 1.90. The zero-order valence-electron chi connectivity index (χ0n) is 33.7. The lowest BCUT2D eigenvalue weighted by Crippen LogP contribution is -2.46. The predicted molar refractivity (Wildman–Crippen MR) is 213 cm³/mol. The van der Waals surface area contributed by atoms with Crippen molar-refractivity contribution in [1.82, 2.24) is 14.8 Å². The number of rotatable bonds is 17. The Bertz CT molecular complexity index is 1760. The molecule has 0 aliphatic carbocycles. The summed E-state index contributed by atoms with van der Waals surface area (Å²) in [6.45, 7) is 17.4. The van der Waals surface area contributed by atoms with Crippen molar-refractivity contribution >= 4 is 35.5 Å². The van der Waals surface area contributed by atoms with Crippen molar-refractivity contribution in [2.45, 2.75) is 111 Å². The minimum absolute atomic E-state index is 0.0282. The highest BCUT2D eigenvalue weighted by Crippen LogP contribution is 2.41. The number of esters is 2. The molecule has 2 amide bonds. The molecule has 0 saturated carbocycles. The van der Waals surface area contributed by atoms with Crippen LogP contribution in [0.1, 0.15) is 98.9 Å². The van der Waals surface area contributed by atoms with E-state index in [9.17, 15) is 23.6 Å². The second-order valence-electron chi connectivity index (χ2n) is 16.6. The van der Waals surface area contributed by atoms with Crippen molar-refractivity contribution in [3.05, 3.63) is 83.7 Å². The third kappa shape index (κ3) is 14.7. The first-order chi connectivity index (χ1) is 25.6. The van der Waals surface area contributed by atoms with Crippen LogP contribution in [0.2, 0.25) is 0 Å². The van der Waals surface area contributed by atoms with Crippen LogP contribution in [0.5, 0.6) is 0 Å². The quantitative estimate of drug-likeness (QED) is 0.107. The fraction of sp³-hybridized carbons (Fsp3) is 0.524. The molecule has 2 unspecified atom stereocenters. The van der Waals surface area contributed by atoms with Crippen LogP contribution in [0, 0.1) is 17.0 Å². The largest absolute Gasteiger partial charge is 0.460 e. The molecule has 3 aromatic rings. The van der Waals surface area contributed by atoms with Crippen molar-refractivity contribution in [3.63, 3.8) is 0 Å². The van der Waals surface area contributed by atoms with Gasteiger partial charge in [-0.25, -0.2) is 13.6 Å². The lowest BCUT2D eigenvalue weighted by atomic mass is 9.83. The van der Waals surface area contributed by atoms with Gasteiger partial charge in [-0.3, -0.25) is 14.4 Å². The maximum atomic E-state index is 15.1. The third-order valence-corrected chi connectivity index (χ3v) is 9.16. The van der Waals surface area contributed by atoms with Gasteiger partial charge in [0.05, 0.1) is 18.2 Å². The first-order valence-corrected chi connectivity index (χ1v) is 19.7. The van der Waals surface area contributed by atoms with Crippen LogP contribution in [-0.4, -0.2) is 75.1 Å². The van der Waals surface area contributed by atoms with E-state index < -0.39 is 64.6 Å². The Morgan fingerprint density at radius 1 is 0.909 bits per heavy atom. The molecule has 10 nitrogen and oxygen atoms in total. The normalized spacial score (nSPS) is 13.2. The summed E-state index contributed by atoms with van der Waals surface area (Å²) in [5.74, 6) is -2.89. The summed E-state index contributed by atoms with van der Waals surface area (Å²) in [5, 5.41) is 2.61. The predicted octanol–water partition coefficient (Wildman–Crippen LogP) is 7.43. The Labute approximate surface area is 328 Å². The van der Waals surface area contributed by atoms with Gasteiger partial charge in [-0.2, -0.15) is 11.8 Å². The number of thioether (sulfide) groups is 1. The van der Waals surface area contributed by atoms with Crippen LogP contribution in [-0.2, 0) is 35.2 Å². The van der Waals surface area contributed by atoms with Gasteiger partial charge >= 0.3 is 11.9 Å². The SMILES string of the molecule is CC(C)(C)OC(=O)CC(NC(=O)CCSCC(=O)N(CCCN)C(c1cc(-c2cc(F)ccc2F)cn1Cc1ccccc1)C(C)(C)C)C(=O)OC(C)(C)C. The maximum Gasteiger partial charge on any atom is 0.329 e. The highest BCUT2D eigenvalue weighted by Gasteiger charge is 2.37. The molecule has 302 valence electrons. The molecule has 0 bridgehead atoms. The zero-order chi connectivity index (χ0) is 41.1. The van der Waals surface area contributed by atoms with Crippen molar-refractivity contribution in [2.75, 3.05) is 24.6 Å². The number of nitrogens with one attached hydrogen (secondary N) is 1. The van der Waals surface area contributed by atoms with Crippen molar-refractivity contribution in [3.8, 4) is 11.1 Å². The molecular formula is C42H58F2N4O6S. The van der Waals surface area contributed by atoms with Gasteiger partial charge < -0.3 is 30.0 Å². The van der Waals surface area contributed by atoms with E-state index in [1.807, 2.05) is 61.7 Å². The van der Waals surface area contributed by atoms with Crippen molar-refractivity contribution in [1.29, 1.82) is 0 Å². The summed E-state index contributed by atoms with van der Waals surface area (Å²) in [4.78, 5) is 54.5. The van der Waals surface area contributed by atoms with Crippen LogP contribution in [0.25, 0.3) is 11.1 Å². The summed E-state index contributed by atoms with van der Waals surface area (Å²) in [7, 11) is 0. The summed E-state index contributed by atoms with van der Waals surface area (Å²) >= 11 is 1.27. The number of hydrogen-bond acceptors (Lipinski definition) is 8. The number of carbonyl (C=O) groups excluding carboxylic acids is 4. The molecule has 3 N–H and O–H groups in total. The van der Waals surface area contributed by atoms with Crippen molar-refractivity contribution < 1.29 is 37.4 Å². The van der Waals surface area contributed by atoms with Gasteiger partial charge in [0.2, 0.25) is 11.8 Å². The van der Waals surface area contributed by atoms with E-state index in [-0.39, 0.29) is 29.4 Å². The summed E-state index contributed by atoms with van der Waals surface area (Å²) < 4.78 is 42.3. The average Bonchev–Trinajstić information content (AvgIpc) is 3.46. The number of amides is 2. The second kappa shape index (κ2) is 19.6. The zero-order valence-corrected chi connectivity index (χ0v) is 34.5. The van der Waals surface area contributed by atoms with Crippen LogP contribution in [0.15, 0.2) is 60.8 Å². The number of ether oxygens (including phenoxy) is 2. The van der Waals surface area contributed by atoms with Gasteiger partial charge in [-0.1, -0.05) is 51.1 Å². The van der Waals surface area contributed by atoms with Crippen LogP contribution < -0.4 is 11.1 Å². The van der Waals surface area contributed by atoms with Crippen molar-refractivity contribution in [2.24, 2.45) is 11.1 Å². The van der Waals surface area contributed by atoms with Gasteiger partial charge in [0.1, 0.15) is 28.9 Å². The summed E-state index contributed by atoms with van der Waals surface area (Å²) in [5.41, 5.74) is 6.17. The number of aromatic nitrogens is 1. The van der Waals surface area contributed by atoms with E-state index in [4.69, 9.17) is 15.2 Å². The minimum atomic E-state index is -1.25. The molecule has 0 aliphatic rings. The molecule has 3 rings (SSSR count). The number of hydrogen-bond donors (Lipinski definition) is 2. The van der Waals surface area contributed by atoms with Gasteiger partial charge in [-0.05, 0) is 89.8 Å². The van der Waals surface area contributed by atoms with E-state index in [1.54, 1.807) is 52.6 Å². The maximum absolute atomic E-state index is 15.1. The minimum Gasteiger partial charge on any atom is -0.460 e. The standard InChI is InChI=1S/C42H58F2N4O6S/c1-40(2,3)38(34-22-29(31-23-30(43)16-17-32(31)44)26-47(34)25-28-14-11-10-12-15-28)48(20-13-19-45)36(50)27-55-21-18-35(49)46-33(39(52)54-42(7,8)9)24-37(51)53-41(4,5)6/h10-12,14-17,22-23,26,33,38H,13,18-21,24-25,27,45H2,1-9H3,(H,46,49). The van der Waals surface area contributed by atoms with Gasteiger partial charge in [0.25, 0.3) is 0 Å². The molecule has 2 atom stereocenters. The Hall–Kier alpha value is -4.23. The molecule has 13 heteroatoms. The first kappa shape index (κ1) is 45.2. The summed E-state index contributed by atoms with van der Waals surface area (Å²) in [6, 6.07) is 13.2. The smallest absolute Gasteiger partial charge is 0.329 e. The van der Waals surface area contributed by atoms with Crippen LogP contribution >= 0.6 is 11.8 Å². The highest BCUT2D eigenvalue weighted by atomic mass is 32.2. The molecule has 0 aliphatic heterocycles. The second-order valence-corrected chi connectivity index (χ2v) is 17.7. The van der Waals surface area contributed by atoms with E-state index >= 15 is 4.39 Å². The average molecular weight is 785 g/mol. The molecule has 0 fully saturated rings. The third-order valence-electron chi connectivity index (χ3n) is 8.22. The topological polar surface area (TPSA) is 133 Å². The van der Waals surface area contributed by atoms with Gasteiger partial charge in [0, 0.05) is 48.3 Å². The van der Waals surface area contributed by atoms with E-state index in [2.05, 4.69) is 5.32 Å². The Kier molecular flexibility index (Phi) is 16.1. The molecule has 0 saturated heterocycles. The fourth-order valence-electron chi connectivity index (χ4n) is 6.06. The van der Waals surface area contributed by atoms with Crippen LogP contribution in [0.4, 0.5) is 8.78 Å². The highest BCUT2D eigenvalue weighted by molar-refractivity contribution is 7.99. The molecule has 0 spiro atoms. The number of benzene rings is 2. The first-order valence-electron chi connectivity index (χ1n) is 18.6.